The number of carbonyl (C=O) groups excluding carboxylic acids is 1. The van der Waals surface area contributed by atoms with Crippen LogP contribution in [0.5, 0.6) is 0 Å². The van der Waals surface area contributed by atoms with Crippen molar-refractivity contribution in [3.63, 3.8) is 0 Å². The molecule has 0 aromatic heterocycles. The molecule has 65 heavy (non-hydrogen) atoms. The second kappa shape index (κ2) is 20.0. The van der Waals surface area contributed by atoms with Gasteiger partial charge in [-0.1, -0.05) is 48.0 Å². The van der Waals surface area contributed by atoms with Gasteiger partial charge in [0, 0.05) is 84.8 Å². The minimum atomic E-state index is -6.05. The van der Waals surface area contributed by atoms with Gasteiger partial charge < -0.3 is 15.0 Å². The van der Waals surface area contributed by atoms with Crippen molar-refractivity contribution in [1.29, 1.82) is 0 Å². The third kappa shape index (κ3) is 11.2. The molecule has 1 aliphatic carbocycles. The first kappa shape index (κ1) is 47.4. The summed E-state index contributed by atoms with van der Waals surface area (Å²) in [7, 11) is -10.9. The molecule has 4 aromatic rings. The molecule has 0 saturated carbocycles. The molecule has 3 saturated heterocycles. The van der Waals surface area contributed by atoms with Gasteiger partial charge >= 0.3 is 5.51 Å². The van der Waals surface area contributed by atoms with E-state index in [1.165, 1.54) is 41.5 Å². The van der Waals surface area contributed by atoms with Crippen molar-refractivity contribution in [3.8, 4) is 0 Å². The van der Waals surface area contributed by atoms with Crippen LogP contribution in [0.25, 0.3) is 5.57 Å². The van der Waals surface area contributed by atoms with Crippen LogP contribution in [0.15, 0.2) is 118 Å². The Morgan fingerprint density at radius 3 is 2.26 bits per heavy atom. The largest absolute Gasteiger partial charge is 0.501 e. The van der Waals surface area contributed by atoms with E-state index in [4.69, 9.17) is 16.3 Å². The summed E-state index contributed by atoms with van der Waals surface area (Å²) in [6, 6.07) is 26.3. The van der Waals surface area contributed by atoms with E-state index in [-0.39, 0.29) is 11.0 Å². The van der Waals surface area contributed by atoms with Crippen LogP contribution < -0.4 is 14.9 Å². The summed E-state index contributed by atoms with van der Waals surface area (Å²) in [5.74, 6) is -0.639. The Morgan fingerprint density at radius 2 is 1.58 bits per heavy atom. The second-order valence-electron chi connectivity index (χ2n) is 17.3. The standard InChI is InChI=1S/C47H53ClF3N5O6S3/c48-36-14-10-34(11-15-36)41-8-4-5-9-43(41)56-32-46(33-56)21-24-55(25-22-46)38-16-12-35(13-17-38)45(57)53-65(60,61)40-18-19-42(44(30-40)64(58,59)47(49,50)51)52-37(20-23-54-26-28-62-29-27-54)31-63-39-6-2-1-3-7-39/h1-3,6-8,10-19,30,37,43,52H,4-5,9,20-29,31-33H2,(H,53,57)/t37-,43?/m1/s1. The highest BCUT2D eigenvalue weighted by Gasteiger charge is 2.49. The Labute approximate surface area is 388 Å². The number of nitrogens with zero attached hydrogens (tertiary/aromatic N) is 3. The maximum absolute atomic E-state index is 14.2. The lowest BCUT2D eigenvalue weighted by Gasteiger charge is -2.57. The first-order chi connectivity index (χ1) is 31.1. The molecule has 0 bridgehead atoms. The van der Waals surface area contributed by atoms with Crippen LogP contribution in [0, 0.1) is 5.41 Å². The predicted molar refractivity (Wildman–Crippen MR) is 250 cm³/mol. The van der Waals surface area contributed by atoms with E-state index in [1.54, 1.807) is 12.1 Å². The number of anilines is 2. The number of carbonyl (C=O) groups is 1. The Hall–Kier alpha value is -4.10. The van der Waals surface area contributed by atoms with Crippen molar-refractivity contribution < 1.29 is 39.5 Å². The fourth-order valence-corrected chi connectivity index (χ4v) is 12.4. The van der Waals surface area contributed by atoms with Gasteiger partial charge in [-0.2, -0.15) is 13.2 Å². The zero-order chi connectivity index (χ0) is 45.8. The number of hydrogen-bond donors (Lipinski definition) is 2. The number of likely N-dealkylation sites (tertiary alicyclic amines) is 1. The zero-order valence-electron chi connectivity index (χ0n) is 35.8. The molecule has 2 N–H and O–H groups in total. The lowest BCUT2D eigenvalue weighted by Crippen LogP contribution is -2.63. The quantitative estimate of drug-likeness (QED) is 0.111. The summed E-state index contributed by atoms with van der Waals surface area (Å²) in [6.45, 7) is 6.76. The predicted octanol–water partition coefficient (Wildman–Crippen LogP) is 8.59. The van der Waals surface area contributed by atoms with Crippen LogP contribution in [0.4, 0.5) is 24.5 Å². The number of alkyl halides is 3. The highest BCUT2D eigenvalue weighted by atomic mass is 35.5. The summed E-state index contributed by atoms with van der Waals surface area (Å²) >= 11 is 7.62. The number of benzene rings is 4. The molecule has 8 rings (SSSR count). The topological polar surface area (TPSA) is 128 Å². The van der Waals surface area contributed by atoms with Gasteiger partial charge in [-0.3, -0.25) is 14.6 Å². The Bertz CT molecular complexity index is 2550. The molecule has 2 atom stereocenters. The van der Waals surface area contributed by atoms with E-state index in [0.29, 0.717) is 57.1 Å². The first-order valence-corrected chi connectivity index (χ1v) is 26.2. The third-order valence-electron chi connectivity index (χ3n) is 13.0. The maximum Gasteiger partial charge on any atom is 0.501 e. The minimum Gasteiger partial charge on any atom is -0.380 e. The van der Waals surface area contributed by atoms with Crippen LogP contribution in [0.3, 0.4) is 0 Å². The van der Waals surface area contributed by atoms with Crippen molar-refractivity contribution >= 4 is 66.1 Å². The van der Waals surface area contributed by atoms with Gasteiger partial charge in [-0.15, -0.1) is 11.8 Å². The average molecular weight is 973 g/mol. The summed E-state index contributed by atoms with van der Waals surface area (Å²) in [5, 5.41) is 3.73. The number of amides is 1. The van der Waals surface area contributed by atoms with Gasteiger partial charge in [-0.25, -0.2) is 21.6 Å². The number of sulfonamides is 1. The van der Waals surface area contributed by atoms with E-state index in [9.17, 15) is 34.8 Å². The molecule has 18 heteroatoms. The van der Waals surface area contributed by atoms with Gasteiger partial charge in [0.1, 0.15) is 4.90 Å². The highest BCUT2D eigenvalue weighted by molar-refractivity contribution is 7.99. The molecule has 3 aliphatic heterocycles. The fourth-order valence-electron chi connectivity index (χ4n) is 9.28. The van der Waals surface area contributed by atoms with Crippen molar-refractivity contribution in [2.45, 2.75) is 70.8 Å². The van der Waals surface area contributed by atoms with Gasteiger partial charge in [-0.05, 0) is 122 Å². The molecule has 0 radical (unpaired) electrons. The molecular formula is C47H53ClF3N5O6S3. The number of nitrogens with one attached hydrogen (secondary N) is 2. The molecule has 11 nitrogen and oxygen atoms in total. The number of sulfone groups is 1. The molecule has 1 amide bonds. The molecule has 1 unspecified atom stereocenters. The third-order valence-corrected chi connectivity index (χ3v) is 17.2. The number of piperidine rings is 1. The van der Waals surface area contributed by atoms with Crippen molar-refractivity contribution in [3.05, 3.63) is 119 Å². The first-order valence-electron chi connectivity index (χ1n) is 21.9. The number of morpholine rings is 1. The van der Waals surface area contributed by atoms with Crippen LogP contribution in [0.2, 0.25) is 5.02 Å². The molecule has 1 spiro atoms. The van der Waals surface area contributed by atoms with Gasteiger partial charge in [0.25, 0.3) is 25.8 Å². The van der Waals surface area contributed by atoms with Crippen LogP contribution >= 0.6 is 23.4 Å². The van der Waals surface area contributed by atoms with Crippen molar-refractivity contribution in [2.24, 2.45) is 5.41 Å². The van der Waals surface area contributed by atoms with E-state index in [0.717, 1.165) is 79.6 Å². The lowest BCUT2D eigenvalue weighted by molar-refractivity contribution is -0.0435. The molecule has 4 aromatic carbocycles. The van der Waals surface area contributed by atoms with Crippen LogP contribution in [-0.2, 0) is 24.6 Å². The molecule has 3 heterocycles. The molecular weight excluding hydrogens is 919 g/mol. The van der Waals surface area contributed by atoms with E-state index in [1.807, 2.05) is 47.2 Å². The Morgan fingerprint density at radius 1 is 0.892 bits per heavy atom. The van der Waals surface area contributed by atoms with Crippen molar-refractivity contribution in [2.75, 3.05) is 75.0 Å². The van der Waals surface area contributed by atoms with Gasteiger partial charge in [0.15, 0.2) is 0 Å². The average Bonchev–Trinajstić information content (AvgIpc) is 3.29. The zero-order valence-corrected chi connectivity index (χ0v) is 39.0. The highest BCUT2D eigenvalue weighted by Crippen LogP contribution is 2.46. The van der Waals surface area contributed by atoms with Gasteiger partial charge in [0.05, 0.1) is 23.8 Å². The summed E-state index contributed by atoms with van der Waals surface area (Å²) in [4.78, 5) is 19.2. The van der Waals surface area contributed by atoms with Gasteiger partial charge in [0.2, 0.25) is 0 Å². The number of rotatable bonds is 15. The van der Waals surface area contributed by atoms with Crippen LogP contribution in [-0.4, -0.2) is 115 Å². The summed E-state index contributed by atoms with van der Waals surface area (Å²) in [5.41, 5.74) is -2.38. The maximum atomic E-state index is 14.2. The number of ether oxygens (including phenoxy) is 1. The lowest BCUT2D eigenvalue weighted by atomic mass is 9.70. The monoisotopic (exact) mass is 971 g/mol. The second-order valence-corrected chi connectivity index (χ2v) is 22.4. The Balaban J connectivity index is 0.909. The normalized spacial score (nSPS) is 20.2. The number of hydrogen-bond acceptors (Lipinski definition) is 11. The number of thioether (sulfide) groups is 1. The van der Waals surface area contributed by atoms with Crippen molar-refractivity contribution in [1.82, 2.24) is 14.5 Å². The molecule has 348 valence electrons. The SMILES string of the molecule is O=C(NS(=O)(=O)c1ccc(N[C@H](CCN2CCOCC2)CSc2ccccc2)c(S(=O)(=O)C(F)(F)F)c1)c1ccc(N2CCC3(CC2)CN(C2CCCC=C2c2ccc(Cl)cc2)C3)cc1. The minimum absolute atomic E-state index is 0.0120. The number of halogens is 4. The van der Waals surface area contributed by atoms with E-state index >= 15 is 0 Å². The number of allylic oxidation sites excluding steroid dienone is 1. The van der Waals surface area contributed by atoms with E-state index in [2.05, 4.69) is 38.2 Å². The molecule has 4 aliphatic rings. The summed E-state index contributed by atoms with van der Waals surface area (Å²) in [6.07, 6.45) is 8.23. The van der Waals surface area contributed by atoms with E-state index < -0.39 is 52.8 Å². The summed E-state index contributed by atoms with van der Waals surface area (Å²) < 4.78 is 103. The molecule has 3 fully saturated rings. The smallest absolute Gasteiger partial charge is 0.380 e. The Kier molecular flexibility index (Phi) is 14.6. The fraction of sp³-hybridized carbons (Fsp3) is 0.426. The van der Waals surface area contributed by atoms with Crippen LogP contribution in [0.1, 0.15) is 54.4 Å².